The normalized spacial score (nSPS) is 11.9. The van der Waals surface area contributed by atoms with Gasteiger partial charge in [0.1, 0.15) is 11.1 Å². The molecule has 0 amide bonds. The summed E-state index contributed by atoms with van der Waals surface area (Å²) in [4.78, 5) is 49.5. The zero-order valence-electron chi connectivity index (χ0n) is 25.9. The highest BCUT2D eigenvalue weighted by atomic mass is 16.6. The number of benzene rings is 3. The van der Waals surface area contributed by atoms with Gasteiger partial charge >= 0.3 is 23.5 Å². The summed E-state index contributed by atoms with van der Waals surface area (Å²) in [7, 11) is 4.37. The molecule has 1 aliphatic rings. The molecule has 12 heteroatoms. The van der Waals surface area contributed by atoms with E-state index in [9.17, 15) is 19.2 Å². The van der Waals surface area contributed by atoms with E-state index in [0.717, 1.165) is 11.1 Å². The third-order valence-corrected chi connectivity index (χ3v) is 7.66. The van der Waals surface area contributed by atoms with Crippen LogP contribution in [0.3, 0.4) is 0 Å². The summed E-state index contributed by atoms with van der Waals surface area (Å²) in [6.07, 6.45) is 0.497. The second-order valence-electron chi connectivity index (χ2n) is 10.5. The van der Waals surface area contributed by atoms with E-state index in [0.29, 0.717) is 57.6 Å². The number of nitrogens with zero attached hydrogens (tertiary/aromatic N) is 1. The highest BCUT2D eigenvalue weighted by Crippen LogP contribution is 2.50. The van der Waals surface area contributed by atoms with Crippen molar-refractivity contribution in [1.82, 2.24) is 4.57 Å². The molecular formula is C34H29NO11. The fourth-order valence-corrected chi connectivity index (χ4v) is 5.96. The molecule has 0 unspecified atom stereocenters. The van der Waals surface area contributed by atoms with Crippen molar-refractivity contribution in [1.29, 1.82) is 0 Å². The predicted molar refractivity (Wildman–Crippen MR) is 166 cm³/mol. The maximum Gasteiger partial charge on any atom is 0.361 e. The van der Waals surface area contributed by atoms with Gasteiger partial charge in [0.05, 0.1) is 27.0 Å². The number of fused-ring (bicyclic) bond motifs is 7. The number of rotatable bonds is 7. The fraction of sp³-hybridized carbons (Fsp3) is 0.235. The topological polar surface area (TPSA) is 142 Å². The molecule has 236 valence electrons. The molecule has 3 aromatic carbocycles. The number of aromatic nitrogens is 1. The largest absolute Gasteiger partial charge is 0.493 e. The van der Waals surface area contributed by atoms with Gasteiger partial charge in [-0.3, -0.25) is 14.4 Å². The molecule has 46 heavy (non-hydrogen) atoms. The van der Waals surface area contributed by atoms with Crippen molar-refractivity contribution in [2.75, 3.05) is 21.3 Å². The lowest BCUT2D eigenvalue weighted by Crippen LogP contribution is -2.15. The molecule has 0 saturated heterocycles. The van der Waals surface area contributed by atoms with Crippen LogP contribution < -0.4 is 34.0 Å². The summed E-state index contributed by atoms with van der Waals surface area (Å²) in [5, 5.41) is 1.04. The van der Waals surface area contributed by atoms with Gasteiger partial charge < -0.3 is 37.4 Å². The molecule has 0 bridgehead atoms. The molecule has 0 spiro atoms. The second kappa shape index (κ2) is 11.6. The Morgan fingerprint density at radius 3 is 1.91 bits per heavy atom. The quantitative estimate of drug-likeness (QED) is 0.129. The number of methoxy groups -OCH3 is 3. The van der Waals surface area contributed by atoms with Gasteiger partial charge in [0.25, 0.3) is 0 Å². The van der Waals surface area contributed by atoms with Crippen molar-refractivity contribution in [3.8, 4) is 56.9 Å². The van der Waals surface area contributed by atoms with Gasteiger partial charge in [-0.1, -0.05) is 6.07 Å². The molecule has 3 heterocycles. The molecule has 0 fully saturated rings. The molecular weight excluding hydrogens is 598 g/mol. The molecule has 0 N–H and O–H groups in total. The first-order chi connectivity index (χ1) is 22.0. The Bertz CT molecular complexity index is 2160. The summed E-state index contributed by atoms with van der Waals surface area (Å²) >= 11 is 0. The SMILES string of the molecule is COc1ccc(-c2c3n(c4c(=O)oc5cc(OC(C)=O)c(OC)cc5c24)CCc2cc(OC(C)=O)c(OC)cc2-3)cc1OC(C)=O. The highest BCUT2D eigenvalue weighted by Gasteiger charge is 2.31. The fourth-order valence-electron chi connectivity index (χ4n) is 5.96. The Morgan fingerprint density at radius 1 is 0.717 bits per heavy atom. The molecule has 0 saturated carbocycles. The molecule has 2 aromatic heterocycles. The van der Waals surface area contributed by atoms with E-state index in [1.165, 1.54) is 48.2 Å². The standard InChI is InChI=1S/C34H29NO11/c1-16(36)43-27-12-20(7-8-23(27)40-4)30-31-22-14-26(42-6)29(45-18(3)38)15-24(22)46-34(39)33(31)35-10-9-19-11-28(44-17(2)37)25(41-5)13-21(19)32(30)35/h7-8,11-15H,9-10H2,1-6H3. The number of esters is 3. The van der Waals surface area contributed by atoms with Crippen molar-refractivity contribution in [2.24, 2.45) is 0 Å². The molecule has 12 nitrogen and oxygen atoms in total. The van der Waals surface area contributed by atoms with Crippen molar-refractivity contribution >= 4 is 39.8 Å². The monoisotopic (exact) mass is 627 g/mol. The van der Waals surface area contributed by atoms with Crippen LogP contribution in [0.1, 0.15) is 26.3 Å². The van der Waals surface area contributed by atoms with Crippen LogP contribution >= 0.6 is 0 Å². The van der Waals surface area contributed by atoms with Crippen molar-refractivity contribution in [2.45, 2.75) is 33.7 Å². The molecule has 0 radical (unpaired) electrons. The lowest BCUT2D eigenvalue weighted by molar-refractivity contribution is -0.132. The Morgan fingerprint density at radius 2 is 1.30 bits per heavy atom. The van der Waals surface area contributed by atoms with Crippen LogP contribution in [0.15, 0.2) is 51.7 Å². The number of carbonyl (C=O) groups excluding carboxylic acids is 3. The van der Waals surface area contributed by atoms with Crippen molar-refractivity contribution < 1.29 is 47.2 Å². The van der Waals surface area contributed by atoms with Crippen LogP contribution in [0.25, 0.3) is 44.3 Å². The van der Waals surface area contributed by atoms with Crippen molar-refractivity contribution in [3.05, 3.63) is 58.4 Å². The average Bonchev–Trinajstić information content (AvgIpc) is 3.36. The Kier molecular flexibility index (Phi) is 7.64. The van der Waals surface area contributed by atoms with Gasteiger partial charge in [-0.15, -0.1) is 0 Å². The highest BCUT2D eigenvalue weighted by molar-refractivity contribution is 6.17. The van der Waals surface area contributed by atoms with Crippen molar-refractivity contribution in [3.63, 3.8) is 0 Å². The first-order valence-electron chi connectivity index (χ1n) is 14.2. The zero-order valence-corrected chi connectivity index (χ0v) is 25.9. The second-order valence-corrected chi connectivity index (χ2v) is 10.5. The van der Waals surface area contributed by atoms with Gasteiger partial charge in [0.2, 0.25) is 0 Å². The van der Waals surface area contributed by atoms with E-state index >= 15 is 0 Å². The lowest BCUT2D eigenvalue weighted by atomic mass is 9.91. The van der Waals surface area contributed by atoms with Gasteiger partial charge in [-0.2, -0.15) is 0 Å². The van der Waals surface area contributed by atoms with Gasteiger partial charge in [0.15, 0.2) is 34.5 Å². The molecule has 1 aliphatic heterocycles. The minimum Gasteiger partial charge on any atom is -0.493 e. The molecule has 5 aromatic rings. The Hall–Kier alpha value is -5.78. The van der Waals surface area contributed by atoms with E-state index in [1.54, 1.807) is 36.4 Å². The van der Waals surface area contributed by atoms with Crippen LogP contribution in [0.2, 0.25) is 0 Å². The lowest BCUT2D eigenvalue weighted by Gasteiger charge is -2.23. The van der Waals surface area contributed by atoms with Gasteiger partial charge in [-0.25, -0.2) is 4.79 Å². The van der Waals surface area contributed by atoms with E-state index in [4.69, 9.17) is 32.8 Å². The first kappa shape index (κ1) is 30.3. The molecule has 6 rings (SSSR count). The van der Waals surface area contributed by atoms with Crippen LogP contribution in [-0.4, -0.2) is 43.8 Å². The molecule has 0 atom stereocenters. The third kappa shape index (κ3) is 5.07. The number of hydrogen-bond donors (Lipinski definition) is 0. The van der Waals surface area contributed by atoms with Crippen LogP contribution in [0.5, 0.6) is 34.5 Å². The number of hydrogen-bond acceptors (Lipinski definition) is 11. The maximum atomic E-state index is 13.8. The maximum absolute atomic E-state index is 13.8. The smallest absolute Gasteiger partial charge is 0.361 e. The third-order valence-electron chi connectivity index (χ3n) is 7.66. The van der Waals surface area contributed by atoms with E-state index in [1.807, 2.05) is 4.57 Å². The Balaban J connectivity index is 1.78. The van der Waals surface area contributed by atoms with E-state index < -0.39 is 23.5 Å². The predicted octanol–water partition coefficient (Wildman–Crippen LogP) is 5.44. The average molecular weight is 628 g/mol. The minimum atomic E-state index is -0.616. The molecule has 0 aliphatic carbocycles. The van der Waals surface area contributed by atoms with E-state index in [2.05, 4.69) is 0 Å². The van der Waals surface area contributed by atoms with Crippen LogP contribution in [0.4, 0.5) is 0 Å². The summed E-state index contributed by atoms with van der Waals surface area (Å²) in [6.45, 7) is 4.24. The number of ether oxygens (including phenoxy) is 6. The van der Waals surface area contributed by atoms with Crippen LogP contribution in [-0.2, 0) is 27.3 Å². The summed E-state index contributed by atoms with van der Waals surface area (Å²) in [5.74, 6) is -0.166. The van der Waals surface area contributed by atoms with Gasteiger partial charge in [0, 0.05) is 55.3 Å². The number of carbonyl (C=O) groups is 3. The van der Waals surface area contributed by atoms with Gasteiger partial charge in [-0.05, 0) is 47.9 Å². The minimum absolute atomic E-state index is 0.0881. The zero-order chi connectivity index (χ0) is 32.9. The Labute approximate surface area is 261 Å². The summed E-state index contributed by atoms with van der Waals surface area (Å²) < 4.78 is 40.6. The van der Waals surface area contributed by atoms with E-state index in [-0.39, 0.29) is 28.6 Å². The summed E-state index contributed by atoms with van der Waals surface area (Å²) in [5.41, 5.74) is 3.29. The van der Waals surface area contributed by atoms with Crippen LogP contribution in [0, 0.1) is 0 Å². The summed E-state index contributed by atoms with van der Waals surface area (Å²) in [6, 6.07) is 11.7. The number of aryl methyl sites for hydroxylation is 2. The first-order valence-corrected chi connectivity index (χ1v) is 14.2.